The van der Waals surface area contributed by atoms with Crippen LogP contribution in [0, 0.1) is 0 Å². The Morgan fingerprint density at radius 3 is 2.89 bits per heavy atom. The molecule has 0 amide bonds. The van der Waals surface area contributed by atoms with Crippen LogP contribution in [0.4, 0.5) is 0 Å². The molecule has 2 N–H and O–H groups in total. The lowest BCUT2D eigenvalue weighted by atomic mass is 10.3. The summed E-state index contributed by atoms with van der Waals surface area (Å²) in [5, 5.41) is 17.0. The highest BCUT2D eigenvalue weighted by Crippen LogP contribution is 2.04. The molecule has 1 rings (SSSR count). The first kappa shape index (κ1) is 16.6. The molecule has 0 spiro atoms. The Bertz CT molecular complexity index is 293. The van der Waals surface area contributed by atoms with Crippen LogP contribution in [0.1, 0.15) is 25.3 Å². The van der Waals surface area contributed by atoms with Gasteiger partial charge in [-0.1, -0.05) is 13.3 Å². The molecule has 19 heavy (non-hydrogen) atoms. The van der Waals surface area contributed by atoms with E-state index in [0.717, 1.165) is 26.0 Å². The molecule has 1 atom stereocenters. The number of hydrogen-bond acceptors (Lipinski definition) is 5. The van der Waals surface area contributed by atoms with Crippen LogP contribution >= 0.6 is 11.3 Å². The molecule has 4 nitrogen and oxygen atoms in total. The molecule has 0 aliphatic heterocycles. The Morgan fingerprint density at radius 2 is 2.16 bits per heavy atom. The van der Waals surface area contributed by atoms with Gasteiger partial charge in [-0.25, -0.2) is 0 Å². The topological polar surface area (TPSA) is 50.7 Å². The van der Waals surface area contributed by atoms with E-state index in [0.29, 0.717) is 26.4 Å². The van der Waals surface area contributed by atoms with E-state index in [4.69, 9.17) is 9.47 Å². The van der Waals surface area contributed by atoms with Crippen LogP contribution in [0.25, 0.3) is 0 Å². The highest BCUT2D eigenvalue weighted by Gasteiger charge is 2.03. The first-order valence-corrected chi connectivity index (χ1v) is 7.82. The third-order valence-electron chi connectivity index (χ3n) is 2.61. The van der Waals surface area contributed by atoms with E-state index in [1.54, 1.807) is 11.3 Å². The van der Waals surface area contributed by atoms with Crippen LogP contribution in [-0.2, 0) is 16.0 Å². The normalized spacial score (nSPS) is 12.7. The van der Waals surface area contributed by atoms with Crippen molar-refractivity contribution in [2.24, 2.45) is 0 Å². The van der Waals surface area contributed by atoms with Crippen LogP contribution in [0.3, 0.4) is 0 Å². The number of aliphatic hydroxyl groups is 1. The van der Waals surface area contributed by atoms with Crippen LogP contribution in [0.2, 0.25) is 0 Å². The molecule has 1 aromatic rings. The van der Waals surface area contributed by atoms with Crippen molar-refractivity contribution in [2.45, 2.75) is 32.4 Å². The summed E-state index contributed by atoms with van der Waals surface area (Å²) in [7, 11) is 0. The number of hydrogen-bond donors (Lipinski definition) is 2. The zero-order valence-electron chi connectivity index (χ0n) is 11.6. The predicted octanol–water partition coefficient (Wildman–Crippen LogP) is 2.03. The van der Waals surface area contributed by atoms with Crippen LogP contribution < -0.4 is 5.32 Å². The smallest absolute Gasteiger partial charge is 0.0897 e. The molecule has 0 radical (unpaired) electrons. The average molecular weight is 287 g/mol. The molecule has 1 aromatic heterocycles. The molecule has 0 fully saturated rings. The van der Waals surface area contributed by atoms with Crippen molar-refractivity contribution < 1.29 is 14.6 Å². The summed E-state index contributed by atoms with van der Waals surface area (Å²) in [6.07, 6.45) is 1.78. The summed E-state index contributed by atoms with van der Waals surface area (Å²) in [4.78, 5) is 0. The Labute approximate surface area is 119 Å². The fourth-order valence-electron chi connectivity index (χ4n) is 1.52. The highest BCUT2D eigenvalue weighted by atomic mass is 32.1. The van der Waals surface area contributed by atoms with Crippen molar-refractivity contribution in [1.82, 2.24) is 5.32 Å². The molecule has 0 saturated carbocycles. The summed E-state index contributed by atoms with van der Waals surface area (Å²) in [5.74, 6) is 0. The second-order valence-corrected chi connectivity index (χ2v) is 5.24. The molecule has 110 valence electrons. The molecular formula is C14H25NO3S. The minimum absolute atomic E-state index is 0.355. The molecule has 0 aliphatic carbocycles. The van der Waals surface area contributed by atoms with Gasteiger partial charge < -0.3 is 19.9 Å². The summed E-state index contributed by atoms with van der Waals surface area (Å²) >= 11 is 1.68. The van der Waals surface area contributed by atoms with E-state index in [9.17, 15) is 5.11 Å². The number of rotatable bonds is 12. The second-order valence-electron chi connectivity index (χ2n) is 4.46. The van der Waals surface area contributed by atoms with Gasteiger partial charge in [0.1, 0.15) is 0 Å². The van der Waals surface area contributed by atoms with Crippen molar-refractivity contribution >= 4 is 11.3 Å². The van der Waals surface area contributed by atoms with Crippen LogP contribution in [0.15, 0.2) is 16.8 Å². The van der Waals surface area contributed by atoms with E-state index in [1.165, 1.54) is 5.56 Å². The van der Waals surface area contributed by atoms with Gasteiger partial charge in [-0.3, -0.25) is 0 Å². The van der Waals surface area contributed by atoms with Gasteiger partial charge in [-0.05, 0) is 28.8 Å². The SMILES string of the molecule is CCCCOCCOCC(O)CNCc1ccsc1. The van der Waals surface area contributed by atoms with Gasteiger partial charge >= 0.3 is 0 Å². The number of thiophene rings is 1. The minimum atomic E-state index is -0.464. The number of nitrogens with one attached hydrogen (secondary N) is 1. The maximum Gasteiger partial charge on any atom is 0.0897 e. The van der Waals surface area contributed by atoms with Crippen molar-refractivity contribution in [2.75, 3.05) is 33.0 Å². The minimum Gasteiger partial charge on any atom is -0.389 e. The molecule has 0 aromatic carbocycles. The van der Waals surface area contributed by atoms with Crippen molar-refractivity contribution in [3.05, 3.63) is 22.4 Å². The zero-order valence-corrected chi connectivity index (χ0v) is 12.5. The predicted molar refractivity (Wildman–Crippen MR) is 78.6 cm³/mol. The van der Waals surface area contributed by atoms with E-state index in [-0.39, 0.29) is 0 Å². The van der Waals surface area contributed by atoms with Crippen LogP contribution in [0.5, 0.6) is 0 Å². The summed E-state index contributed by atoms with van der Waals surface area (Å²) in [6, 6.07) is 2.08. The number of unbranched alkanes of at least 4 members (excludes halogenated alkanes) is 1. The van der Waals surface area contributed by atoms with Gasteiger partial charge in [-0.15, -0.1) is 0 Å². The molecule has 0 bridgehead atoms. The maximum atomic E-state index is 9.69. The molecule has 0 aliphatic rings. The number of ether oxygens (including phenoxy) is 2. The Morgan fingerprint density at radius 1 is 1.32 bits per heavy atom. The van der Waals surface area contributed by atoms with Gasteiger partial charge in [0.05, 0.1) is 25.9 Å². The van der Waals surface area contributed by atoms with E-state index in [2.05, 4.69) is 29.1 Å². The zero-order chi connectivity index (χ0) is 13.8. The summed E-state index contributed by atoms with van der Waals surface area (Å²) < 4.78 is 10.7. The Balaban J connectivity index is 1.86. The summed E-state index contributed by atoms with van der Waals surface area (Å²) in [6.45, 7) is 5.78. The second kappa shape index (κ2) is 11.4. The first-order chi connectivity index (χ1) is 9.33. The standard InChI is InChI=1S/C14H25NO3S/c1-2-3-5-17-6-7-18-11-14(16)10-15-9-13-4-8-19-12-13/h4,8,12,14-16H,2-3,5-7,9-11H2,1H3. The maximum absolute atomic E-state index is 9.69. The monoisotopic (exact) mass is 287 g/mol. The van der Waals surface area contributed by atoms with Gasteiger partial charge in [0.15, 0.2) is 0 Å². The van der Waals surface area contributed by atoms with Crippen molar-refractivity contribution in [3.8, 4) is 0 Å². The fourth-order valence-corrected chi connectivity index (χ4v) is 2.19. The number of aliphatic hydroxyl groups excluding tert-OH is 1. The molecule has 5 heteroatoms. The van der Waals surface area contributed by atoms with Crippen molar-refractivity contribution in [1.29, 1.82) is 0 Å². The van der Waals surface area contributed by atoms with E-state index >= 15 is 0 Å². The average Bonchev–Trinajstić information content (AvgIpc) is 2.91. The highest BCUT2D eigenvalue weighted by molar-refractivity contribution is 7.07. The first-order valence-electron chi connectivity index (χ1n) is 6.88. The Kier molecular flexibility index (Phi) is 9.93. The molecule has 1 heterocycles. The van der Waals surface area contributed by atoms with E-state index < -0.39 is 6.10 Å². The van der Waals surface area contributed by atoms with Crippen molar-refractivity contribution in [3.63, 3.8) is 0 Å². The summed E-state index contributed by atoms with van der Waals surface area (Å²) in [5.41, 5.74) is 1.25. The lowest BCUT2D eigenvalue weighted by Crippen LogP contribution is -2.30. The van der Waals surface area contributed by atoms with Gasteiger partial charge in [0.25, 0.3) is 0 Å². The Hall–Kier alpha value is -0.460. The molecule has 0 saturated heterocycles. The lowest BCUT2D eigenvalue weighted by molar-refractivity contribution is 0.00385. The quantitative estimate of drug-likeness (QED) is 0.578. The fraction of sp³-hybridized carbons (Fsp3) is 0.714. The van der Waals surface area contributed by atoms with Gasteiger partial charge in [0, 0.05) is 19.7 Å². The van der Waals surface area contributed by atoms with Gasteiger partial charge in [0.2, 0.25) is 0 Å². The lowest BCUT2D eigenvalue weighted by Gasteiger charge is -2.12. The van der Waals surface area contributed by atoms with E-state index in [1.807, 2.05) is 0 Å². The third kappa shape index (κ3) is 9.13. The molecule has 1 unspecified atom stereocenters. The molecular weight excluding hydrogens is 262 g/mol. The third-order valence-corrected chi connectivity index (χ3v) is 3.35. The largest absolute Gasteiger partial charge is 0.389 e. The van der Waals surface area contributed by atoms with Gasteiger partial charge in [-0.2, -0.15) is 11.3 Å². The van der Waals surface area contributed by atoms with Crippen LogP contribution in [-0.4, -0.2) is 44.2 Å².